The third-order valence-electron chi connectivity index (χ3n) is 2.26. The first kappa shape index (κ1) is 15.4. The van der Waals surface area contributed by atoms with E-state index in [1.54, 1.807) is 0 Å². The summed E-state index contributed by atoms with van der Waals surface area (Å²) >= 11 is 8.40. The van der Waals surface area contributed by atoms with Crippen LogP contribution in [0.2, 0.25) is 0 Å². The average Bonchev–Trinajstić information content (AvgIpc) is 2.27. The summed E-state index contributed by atoms with van der Waals surface area (Å²) < 4.78 is 6.40. The lowest BCUT2D eigenvalue weighted by atomic mass is 10.2. The van der Waals surface area contributed by atoms with E-state index in [0.29, 0.717) is 17.5 Å². The molecule has 0 aliphatic carbocycles. The summed E-state index contributed by atoms with van der Waals surface area (Å²) in [4.78, 5) is 0.397. The molecule has 0 fully saturated rings. The smallest absolute Gasteiger partial charge is 0.105 e. The first-order valence-corrected chi connectivity index (χ1v) is 7.11. The molecule has 1 rings (SSSR count). The number of halogens is 1. The lowest BCUT2D eigenvalue weighted by Crippen LogP contribution is -2.13. The zero-order valence-corrected chi connectivity index (χ0v) is 13.1. The normalized spacial score (nSPS) is 10.7. The van der Waals surface area contributed by atoms with Gasteiger partial charge in [0.1, 0.15) is 4.99 Å². The highest BCUT2D eigenvalue weighted by Crippen LogP contribution is 2.21. The molecule has 100 valence electrons. The van der Waals surface area contributed by atoms with Crippen LogP contribution in [0.25, 0.3) is 0 Å². The molecule has 0 aromatic heterocycles. The zero-order valence-electron chi connectivity index (χ0n) is 10.7. The number of ether oxygens (including phenoxy) is 1. The largest absolute Gasteiger partial charge is 0.389 e. The number of nitrogens with one attached hydrogen (secondary N) is 1. The van der Waals surface area contributed by atoms with Gasteiger partial charge in [0.2, 0.25) is 0 Å². The highest BCUT2D eigenvalue weighted by molar-refractivity contribution is 9.10. The topological polar surface area (TPSA) is 47.3 Å². The maximum Gasteiger partial charge on any atom is 0.105 e. The molecule has 1 aromatic carbocycles. The lowest BCUT2D eigenvalue weighted by molar-refractivity contribution is 0.118. The van der Waals surface area contributed by atoms with Gasteiger partial charge in [-0.2, -0.15) is 0 Å². The van der Waals surface area contributed by atoms with Crippen LogP contribution in [0.15, 0.2) is 22.7 Å². The van der Waals surface area contributed by atoms with Crippen molar-refractivity contribution in [3.63, 3.8) is 0 Å². The van der Waals surface area contributed by atoms with Gasteiger partial charge in [0.05, 0.1) is 6.61 Å². The summed E-state index contributed by atoms with van der Waals surface area (Å²) in [5.74, 6) is 0.573. The van der Waals surface area contributed by atoms with Gasteiger partial charge in [-0.25, -0.2) is 0 Å². The molecule has 0 aliphatic heterocycles. The van der Waals surface area contributed by atoms with Crippen LogP contribution >= 0.6 is 28.1 Å². The van der Waals surface area contributed by atoms with Gasteiger partial charge in [0, 0.05) is 28.9 Å². The molecular weight excluding hydrogens is 312 g/mol. The Hall–Kier alpha value is -0.650. The second kappa shape index (κ2) is 7.71. The molecule has 3 N–H and O–H groups in total. The molecule has 0 amide bonds. The van der Waals surface area contributed by atoms with E-state index in [1.165, 1.54) is 0 Å². The number of benzene rings is 1. The predicted molar refractivity (Wildman–Crippen MR) is 84.2 cm³/mol. The van der Waals surface area contributed by atoms with E-state index in [-0.39, 0.29) is 0 Å². The van der Waals surface area contributed by atoms with Crippen LogP contribution in [0.5, 0.6) is 0 Å². The van der Waals surface area contributed by atoms with Gasteiger partial charge >= 0.3 is 0 Å². The molecule has 0 atom stereocenters. The summed E-state index contributed by atoms with van der Waals surface area (Å²) in [6, 6.07) is 5.84. The van der Waals surface area contributed by atoms with Crippen molar-refractivity contribution in [2.45, 2.75) is 13.8 Å². The molecule has 0 saturated carbocycles. The van der Waals surface area contributed by atoms with Crippen molar-refractivity contribution in [1.29, 1.82) is 0 Å². The molecule has 3 nitrogen and oxygen atoms in total. The van der Waals surface area contributed by atoms with Crippen molar-refractivity contribution in [2.75, 3.05) is 25.1 Å². The third kappa shape index (κ3) is 5.33. The van der Waals surface area contributed by atoms with Crippen LogP contribution in [-0.4, -0.2) is 24.7 Å². The molecule has 0 spiro atoms. The minimum atomic E-state index is 0.397. The predicted octanol–water partition coefficient (Wildman–Crippen LogP) is 3.17. The highest BCUT2D eigenvalue weighted by Gasteiger charge is 2.03. The van der Waals surface area contributed by atoms with Gasteiger partial charge in [-0.1, -0.05) is 26.1 Å². The van der Waals surface area contributed by atoms with Crippen molar-refractivity contribution in [2.24, 2.45) is 11.7 Å². The maximum atomic E-state index is 5.59. The van der Waals surface area contributed by atoms with Gasteiger partial charge in [-0.3, -0.25) is 0 Å². The Kier molecular flexibility index (Phi) is 6.60. The van der Waals surface area contributed by atoms with Crippen molar-refractivity contribution in [3.05, 3.63) is 28.2 Å². The first-order valence-electron chi connectivity index (χ1n) is 5.91. The number of anilines is 1. The first-order chi connectivity index (χ1) is 8.50. The summed E-state index contributed by atoms with van der Waals surface area (Å²) in [5, 5.41) is 3.29. The van der Waals surface area contributed by atoms with E-state index in [9.17, 15) is 0 Å². The molecule has 0 bridgehead atoms. The van der Waals surface area contributed by atoms with Gasteiger partial charge in [0.15, 0.2) is 0 Å². The van der Waals surface area contributed by atoms with E-state index >= 15 is 0 Å². The molecule has 0 saturated heterocycles. The number of thiocarbonyl (C=S) groups is 1. The Morgan fingerprint density at radius 1 is 1.50 bits per heavy atom. The zero-order chi connectivity index (χ0) is 13.5. The van der Waals surface area contributed by atoms with Crippen LogP contribution in [0.4, 0.5) is 5.69 Å². The summed E-state index contributed by atoms with van der Waals surface area (Å²) in [5.41, 5.74) is 7.47. The average molecular weight is 331 g/mol. The van der Waals surface area contributed by atoms with Crippen LogP contribution in [0.1, 0.15) is 19.4 Å². The summed E-state index contributed by atoms with van der Waals surface area (Å²) in [6.45, 7) is 6.56. The van der Waals surface area contributed by atoms with Crippen molar-refractivity contribution in [3.8, 4) is 0 Å². The standard InChI is InChI=1S/C13H19BrN2OS/c1-9(2)8-17-6-5-16-10-3-4-11(13(15)18)12(14)7-10/h3-4,7,9,16H,5-6,8H2,1-2H3,(H2,15,18). The van der Waals surface area contributed by atoms with Gasteiger partial charge in [-0.05, 0) is 40.0 Å². The molecule has 0 radical (unpaired) electrons. The second-order valence-corrected chi connectivity index (χ2v) is 5.75. The van der Waals surface area contributed by atoms with Gasteiger partial charge in [-0.15, -0.1) is 0 Å². The second-order valence-electron chi connectivity index (χ2n) is 4.45. The fraction of sp³-hybridized carbons (Fsp3) is 0.462. The van der Waals surface area contributed by atoms with Gasteiger partial charge < -0.3 is 15.8 Å². The number of hydrogen-bond acceptors (Lipinski definition) is 3. The fourth-order valence-corrected chi connectivity index (χ4v) is 2.31. The number of rotatable bonds is 7. The molecule has 0 heterocycles. The molecule has 0 aliphatic rings. The maximum absolute atomic E-state index is 5.59. The van der Waals surface area contributed by atoms with Gasteiger partial charge in [0.25, 0.3) is 0 Å². The lowest BCUT2D eigenvalue weighted by Gasteiger charge is -2.10. The molecule has 0 unspecified atom stereocenters. The minimum Gasteiger partial charge on any atom is -0.389 e. The number of nitrogens with two attached hydrogens (primary N) is 1. The molecule has 1 aromatic rings. The van der Waals surface area contributed by atoms with Crippen LogP contribution < -0.4 is 11.1 Å². The van der Waals surface area contributed by atoms with Crippen LogP contribution in [0, 0.1) is 5.92 Å². The van der Waals surface area contributed by atoms with Crippen LogP contribution in [0.3, 0.4) is 0 Å². The molecule has 5 heteroatoms. The monoisotopic (exact) mass is 330 g/mol. The Morgan fingerprint density at radius 3 is 2.78 bits per heavy atom. The Balaban J connectivity index is 2.39. The van der Waals surface area contributed by atoms with E-state index < -0.39 is 0 Å². The summed E-state index contributed by atoms with van der Waals surface area (Å²) in [7, 11) is 0. The van der Waals surface area contributed by atoms with E-state index in [2.05, 4.69) is 35.1 Å². The van der Waals surface area contributed by atoms with E-state index in [4.69, 9.17) is 22.7 Å². The highest BCUT2D eigenvalue weighted by atomic mass is 79.9. The van der Waals surface area contributed by atoms with Crippen molar-refractivity contribution in [1.82, 2.24) is 0 Å². The Bertz CT molecular complexity index is 410. The van der Waals surface area contributed by atoms with Crippen molar-refractivity contribution < 1.29 is 4.74 Å². The molecular formula is C13H19BrN2OS. The summed E-state index contributed by atoms with van der Waals surface area (Å²) in [6.07, 6.45) is 0. The van der Waals surface area contributed by atoms with E-state index in [0.717, 1.165) is 28.9 Å². The Labute approximate surface area is 122 Å². The van der Waals surface area contributed by atoms with Crippen LogP contribution in [-0.2, 0) is 4.74 Å². The molecule has 18 heavy (non-hydrogen) atoms. The van der Waals surface area contributed by atoms with E-state index in [1.807, 2.05) is 18.2 Å². The van der Waals surface area contributed by atoms with Crippen molar-refractivity contribution >= 4 is 38.8 Å². The fourth-order valence-electron chi connectivity index (χ4n) is 1.41. The number of hydrogen-bond donors (Lipinski definition) is 2. The SMILES string of the molecule is CC(C)COCCNc1ccc(C(N)=S)c(Br)c1. The quantitative estimate of drug-likeness (QED) is 0.595. The third-order valence-corrected chi connectivity index (χ3v) is 3.14. The minimum absolute atomic E-state index is 0.397. The Morgan fingerprint density at radius 2 is 2.22 bits per heavy atom.